The average Bonchev–Trinajstić information content (AvgIpc) is 3.75. The van der Waals surface area contributed by atoms with Crippen LogP contribution in [0.2, 0.25) is 5.02 Å². The summed E-state index contributed by atoms with van der Waals surface area (Å²) in [6, 6.07) is 9.77. The molecule has 2 aromatic carbocycles. The van der Waals surface area contributed by atoms with Crippen molar-refractivity contribution in [3.05, 3.63) is 58.1 Å². The van der Waals surface area contributed by atoms with Gasteiger partial charge < -0.3 is 29.5 Å². The average molecular weight is 595 g/mol. The van der Waals surface area contributed by atoms with Crippen molar-refractivity contribution >= 4 is 23.6 Å². The molecule has 11 heteroatoms. The zero-order chi connectivity index (χ0) is 29.8. The Labute approximate surface area is 243 Å². The van der Waals surface area contributed by atoms with Gasteiger partial charge in [0.1, 0.15) is 11.5 Å². The summed E-state index contributed by atoms with van der Waals surface area (Å²) in [6.45, 7) is 6.70. The van der Waals surface area contributed by atoms with Crippen LogP contribution in [0.5, 0.6) is 11.5 Å². The third-order valence-electron chi connectivity index (χ3n) is 7.47. The van der Waals surface area contributed by atoms with Crippen LogP contribution in [0.1, 0.15) is 75.1 Å². The van der Waals surface area contributed by atoms with Crippen molar-refractivity contribution in [3.8, 4) is 11.5 Å². The first-order valence-electron chi connectivity index (χ1n) is 14.0. The molecule has 0 aliphatic heterocycles. The van der Waals surface area contributed by atoms with E-state index in [2.05, 4.69) is 5.32 Å². The summed E-state index contributed by atoms with van der Waals surface area (Å²) in [5, 5.41) is 12.4. The van der Waals surface area contributed by atoms with E-state index in [4.69, 9.17) is 25.8 Å². The van der Waals surface area contributed by atoms with Gasteiger partial charge in [-0.15, -0.1) is 0 Å². The smallest absolute Gasteiger partial charge is 0.329 e. The Morgan fingerprint density at radius 2 is 1.80 bits per heavy atom. The number of halogens is 3. The van der Waals surface area contributed by atoms with Gasteiger partial charge in [-0.2, -0.15) is 0 Å². The number of hydrogen-bond donors (Lipinski definition) is 2. The van der Waals surface area contributed by atoms with Crippen molar-refractivity contribution in [2.24, 2.45) is 0 Å². The second-order valence-corrected chi connectivity index (χ2v) is 11.0. The molecule has 2 aliphatic rings. The van der Waals surface area contributed by atoms with E-state index in [1.807, 2.05) is 44.2 Å². The van der Waals surface area contributed by atoms with Crippen LogP contribution < -0.4 is 14.8 Å². The Hall–Kier alpha value is -3.11. The third-order valence-corrected chi connectivity index (χ3v) is 7.86. The number of aliphatic carboxylic acids is 1. The number of nitrogens with one attached hydrogen (secondary N) is 1. The van der Waals surface area contributed by atoms with Gasteiger partial charge in [0.05, 0.1) is 37.5 Å². The topological polar surface area (TPSA) is 97.3 Å². The minimum absolute atomic E-state index is 0.0422. The molecule has 2 aliphatic carbocycles. The molecule has 8 nitrogen and oxygen atoms in total. The maximum Gasteiger partial charge on any atom is 0.329 e. The molecule has 2 aromatic rings. The SMILES string of the molecule is CCOc1cc(C(C)N(CCOCc2ccccc2)C(=O)NC2(C(=O)O)CC(F)(F)C2)c(Cl)c(OCC)c1C1CC1. The largest absolute Gasteiger partial charge is 0.493 e. The predicted octanol–water partition coefficient (Wildman–Crippen LogP) is 6.56. The number of carboxylic acid groups (broad SMARTS) is 1. The number of carbonyl (C=O) groups is 2. The van der Waals surface area contributed by atoms with Crippen molar-refractivity contribution in [3.63, 3.8) is 0 Å². The lowest BCUT2D eigenvalue weighted by Crippen LogP contribution is -2.68. The third kappa shape index (κ3) is 7.04. The molecule has 1 atom stereocenters. The fraction of sp³-hybridized carbons (Fsp3) is 0.533. The van der Waals surface area contributed by atoms with Crippen LogP contribution in [-0.4, -0.2) is 59.8 Å². The van der Waals surface area contributed by atoms with Crippen LogP contribution >= 0.6 is 11.6 Å². The molecule has 41 heavy (non-hydrogen) atoms. The lowest BCUT2D eigenvalue weighted by molar-refractivity contribution is -0.175. The lowest BCUT2D eigenvalue weighted by Gasteiger charge is -2.45. The molecule has 2 N–H and O–H groups in total. The van der Waals surface area contributed by atoms with Crippen molar-refractivity contribution in [2.45, 2.75) is 76.5 Å². The van der Waals surface area contributed by atoms with Gasteiger partial charge in [-0.25, -0.2) is 18.4 Å². The Balaban J connectivity index is 1.63. The molecule has 1 unspecified atom stereocenters. The van der Waals surface area contributed by atoms with Gasteiger partial charge >= 0.3 is 12.0 Å². The molecule has 224 valence electrons. The molecule has 4 rings (SSSR count). The van der Waals surface area contributed by atoms with Gasteiger partial charge in [-0.3, -0.25) is 0 Å². The van der Waals surface area contributed by atoms with Gasteiger partial charge in [-0.05, 0) is 51.2 Å². The predicted molar refractivity (Wildman–Crippen MR) is 150 cm³/mol. The first-order chi connectivity index (χ1) is 19.5. The number of nitrogens with zero attached hydrogens (tertiary/aromatic N) is 1. The van der Waals surface area contributed by atoms with Crippen molar-refractivity contribution in [1.82, 2.24) is 10.2 Å². The Morgan fingerprint density at radius 1 is 1.15 bits per heavy atom. The Bertz CT molecular complexity index is 1230. The number of rotatable bonds is 14. The van der Waals surface area contributed by atoms with Gasteiger partial charge in [0.15, 0.2) is 5.54 Å². The highest BCUT2D eigenvalue weighted by Gasteiger charge is 2.62. The minimum Gasteiger partial charge on any atom is -0.493 e. The van der Waals surface area contributed by atoms with Gasteiger partial charge in [0.2, 0.25) is 0 Å². The molecular weight excluding hydrogens is 558 g/mol. The van der Waals surface area contributed by atoms with Crippen LogP contribution in [0.4, 0.5) is 13.6 Å². The van der Waals surface area contributed by atoms with Crippen molar-refractivity contribution in [2.75, 3.05) is 26.4 Å². The zero-order valence-corrected chi connectivity index (χ0v) is 24.3. The Morgan fingerprint density at radius 3 is 2.37 bits per heavy atom. The van der Waals surface area contributed by atoms with Crippen molar-refractivity contribution < 1.29 is 37.7 Å². The molecule has 0 heterocycles. The number of carboxylic acids is 1. The summed E-state index contributed by atoms with van der Waals surface area (Å²) in [4.78, 5) is 26.9. The first kappa shape index (κ1) is 30.8. The number of hydrogen-bond acceptors (Lipinski definition) is 5. The molecule has 0 bridgehead atoms. The maximum absolute atomic E-state index is 13.8. The quantitative estimate of drug-likeness (QED) is 0.241. The van der Waals surface area contributed by atoms with E-state index in [1.54, 1.807) is 13.0 Å². The molecule has 0 spiro atoms. The van der Waals surface area contributed by atoms with E-state index < -0.39 is 42.3 Å². The highest BCUT2D eigenvalue weighted by Crippen LogP contribution is 2.53. The second-order valence-electron chi connectivity index (χ2n) is 10.6. The standard InChI is InChI=1S/C30H37ClF2N2O6/c1-4-40-23-15-22(25(31)26(41-5-2)24(23)21-11-12-21)19(3)35(13-14-39-16-20-9-7-6-8-10-20)28(38)34-29(27(36)37)17-30(32,33)18-29/h6-10,15,19,21H,4-5,11-14,16-18H2,1-3H3,(H,34,38)(H,36,37). The monoisotopic (exact) mass is 594 g/mol. The number of alkyl halides is 2. The van der Waals surface area contributed by atoms with Crippen molar-refractivity contribution in [1.29, 1.82) is 0 Å². The number of amides is 2. The summed E-state index contributed by atoms with van der Waals surface area (Å²) >= 11 is 6.92. The number of carbonyl (C=O) groups excluding carboxylic acids is 1. The fourth-order valence-electron chi connectivity index (χ4n) is 5.23. The van der Waals surface area contributed by atoms with E-state index in [1.165, 1.54) is 4.90 Å². The molecule has 2 saturated carbocycles. The number of benzene rings is 2. The normalized spacial score (nSPS) is 17.7. The van der Waals surface area contributed by atoms with Crippen LogP contribution in [-0.2, 0) is 16.1 Å². The molecule has 0 saturated heterocycles. The zero-order valence-electron chi connectivity index (χ0n) is 23.6. The van der Waals surface area contributed by atoms with Crippen LogP contribution in [0, 0.1) is 0 Å². The highest BCUT2D eigenvalue weighted by atomic mass is 35.5. The summed E-state index contributed by atoms with van der Waals surface area (Å²) in [6.07, 6.45) is 0.0162. The molecule has 2 fully saturated rings. The van der Waals surface area contributed by atoms with Gasteiger partial charge in [0, 0.05) is 30.5 Å². The van der Waals surface area contributed by atoms with Crippen LogP contribution in [0.25, 0.3) is 0 Å². The van der Waals surface area contributed by atoms with Crippen LogP contribution in [0.15, 0.2) is 36.4 Å². The summed E-state index contributed by atoms with van der Waals surface area (Å²) in [5.41, 5.74) is 0.318. The van der Waals surface area contributed by atoms with Crippen LogP contribution in [0.3, 0.4) is 0 Å². The molecular formula is C30H37ClF2N2O6. The minimum atomic E-state index is -3.17. The van der Waals surface area contributed by atoms with E-state index in [-0.39, 0.29) is 19.1 Å². The van der Waals surface area contributed by atoms with E-state index in [0.29, 0.717) is 41.9 Å². The molecule has 2 amide bonds. The summed E-state index contributed by atoms with van der Waals surface area (Å²) in [5.74, 6) is -3.28. The lowest BCUT2D eigenvalue weighted by atomic mass is 9.73. The number of ether oxygens (including phenoxy) is 3. The van der Waals surface area contributed by atoms with E-state index >= 15 is 0 Å². The number of urea groups is 1. The molecule has 0 radical (unpaired) electrons. The summed E-state index contributed by atoms with van der Waals surface area (Å²) < 4.78 is 45.3. The molecule has 0 aromatic heterocycles. The van der Waals surface area contributed by atoms with E-state index in [9.17, 15) is 23.5 Å². The maximum atomic E-state index is 13.8. The summed E-state index contributed by atoms with van der Waals surface area (Å²) in [7, 11) is 0. The second kappa shape index (κ2) is 12.8. The van der Waals surface area contributed by atoms with Gasteiger partial charge in [-0.1, -0.05) is 41.9 Å². The highest BCUT2D eigenvalue weighted by molar-refractivity contribution is 6.33. The first-order valence-corrected chi connectivity index (χ1v) is 14.3. The van der Waals surface area contributed by atoms with Gasteiger partial charge in [0.25, 0.3) is 5.92 Å². The fourth-order valence-corrected chi connectivity index (χ4v) is 5.60. The Kier molecular flexibility index (Phi) is 9.64. The van der Waals surface area contributed by atoms with E-state index in [0.717, 1.165) is 24.0 Å².